The van der Waals surface area contributed by atoms with Crippen molar-refractivity contribution in [1.82, 2.24) is 0 Å². The van der Waals surface area contributed by atoms with E-state index in [4.69, 9.17) is 0 Å². The zero-order chi connectivity index (χ0) is 14.3. The molecule has 0 saturated carbocycles. The predicted octanol–water partition coefficient (Wildman–Crippen LogP) is 1.31. The van der Waals surface area contributed by atoms with E-state index in [0.29, 0.717) is 0 Å². The first-order chi connectivity index (χ1) is 9.56. The molecule has 2 aromatic rings. The second-order valence-corrected chi connectivity index (χ2v) is 4.77. The van der Waals surface area contributed by atoms with Gasteiger partial charge in [0.15, 0.2) is 17.5 Å². The maximum Gasteiger partial charge on any atom is 0.202 e. The topological polar surface area (TPSA) is 74.6 Å². The first-order valence-electron chi connectivity index (χ1n) is 6.21. The lowest BCUT2D eigenvalue weighted by molar-refractivity contribution is -0.0443. The van der Waals surface area contributed by atoms with Crippen molar-refractivity contribution < 1.29 is 19.8 Å². The van der Waals surface area contributed by atoms with Crippen LogP contribution in [0.1, 0.15) is 26.3 Å². The molecule has 4 nitrogen and oxygen atoms in total. The molecule has 2 N–H and O–H groups in total. The highest BCUT2D eigenvalue weighted by atomic mass is 16.4. The van der Waals surface area contributed by atoms with Crippen molar-refractivity contribution in [1.29, 1.82) is 0 Å². The second-order valence-electron chi connectivity index (χ2n) is 4.77. The van der Waals surface area contributed by atoms with E-state index in [9.17, 15) is 19.8 Å². The Balaban J connectivity index is 2.24. The van der Waals surface area contributed by atoms with Crippen LogP contribution in [0.4, 0.5) is 0 Å². The van der Waals surface area contributed by atoms with Crippen LogP contribution in [0.3, 0.4) is 0 Å². The van der Waals surface area contributed by atoms with E-state index in [0.717, 1.165) is 0 Å². The number of hydrogen-bond donors (Lipinski definition) is 2. The lowest BCUT2D eigenvalue weighted by Gasteiger charge is -2.35. The Labute approximate surface area is 115 Å². The Hall–Kier alpha value is -2.30. The fourth-order valence-electron chi connectivity index (χ4n) is 2.54. The zero-order valence-electron chi connectivity index (χ0n) is 10.5. The standard InChI is InChI=1S/C16H12O4/c17-13-11-8-4-5-9-12(11)14(18)16(20,15(13)19)10-6-2-1-3-7-10/h1-9,15,19-20H/t15-,16+/m0/s1. The summed E-state index contributed by atoms with van der Waals surface area (Å²) in [6, 6.07) is 14.2. The van der Waals surface area contributed by atoms with Crippen LogP contribution in [-0.2, 0) is 5.60 Å². The minimum absolute atomic E-state index is 0.133. The van der Waals surface area contributed by atoms with Gasteiger partial charge >= 0.3 is 0 Å². The summed E-state index contributed by atoms with van der Waals surface area (Å²) in [7, 11) is 0. The molecule has 0 aromatic heterocycles. The molecule has 2 aromatic carbocycles. The number of Topliss-reactive ketones (excluding diaryl/α,β-unsaturated/α-hetero) is 2. The Morgan fingerprint density at radius 1 is 0.850 bits per heavy atom. The van der Waals surface area contributed by atoms with Crippen molar-refractivity contribution in [2.24, 2.45) is 0 Å². The molecule has 1 aliphatic carbocycles. The number of carbonyl (C=O) groups is 2. The summed E-state index contributed by atoms with van der Waals surface area (Å²) in [5, 5.41) is 20.8. The van der Waals surface area contributed by atoms with E-state index in [-0.39, 0.29) is 16.7 Å². The summed E-state index contributed by atoms with van der Waals surface area (Å²) < 4.78 is 0. The molecule has 100 valence electrons. The average Bonchev–Trinajstić information content (AvgIpc) is 2.51. The normalized spacial score (nSPS) is 25.4. The van der Waals surface area contributed by atoms with Gasteiger partial charge in [0.2, 0.25) is 5.78 Å². The summed E-state index contributed by atoms with van der Waals surface area (Å²) in [4.78, 5) is 24.7. The van der Waals surface area contributed by atoms with Crippen LogP contribution in [0.2, 0.25) is 0 Å². The van der Waals surface area contributed by atoms with Gasteiger partial charge in [-0.1, -0.05) is 54.6 Å². The molecule has 0 unspecified atom stereocenters. The molecule has 0 fully saturated rings. The fraction of sp³-hybridized carbons (Fsp3) is 0.125. The third-order valence-electron chi connectivity index (χ3n) is 3.64. The van der Waals surface area contributed by atoms with Crippen molar-refractivity contribution >= 4 is 11.6 Å². The summed E-state index contributed by atoms with van der Waals surface area (Å²) >= 11 is 0. The van der Waals surface area contributed by atoms with Gasteiger partial charge in [0.05, 0.1) is 0 Å². The van der Waals surface area contributed by atoms with E-state index in [1.165, 1.54) is 24.3 Å². The van der Waals surface area contributed by atoms with E-state index in [1.807, 2.05) is 0 Å². The molecule has 0 aliphatic heterocycles. The highest BCUT2D eigenvalue weighted by molar-refractivity contribution is 6.20. The number of fused-ring (bicyclic) bond motifs is 1. The average molecular weight is 268 g/mol. The van der Waals surface area contributed by atoms with E-state index < -0.39 is 23.3 Å². The maximum atomic E-state index is 12.5. The molecule has 2 atom stereocenters. The van der Waals surface area contributed by atoms with Crippen molar-refractivity contribution in [3.05, 3.63) is 71.3 Å². The van der Waals surface area contributed by atoms with Gasteiger partial charge in [0.25, 0.3) is 0 Å². The highest BCUT2D eigenvalue weighted by Gasteiger charge is 2.53. The lowest BCUT2D eigenvalue weighted by Crippen LogP contribution is -2.54. The Bertz CT molecular complexity index is 693. The maximum absolute atomic E-state index is 12.5. The molecule has 0 spiro atoms. The molecular weight excluding hydrogens is 256 g/mol. The summed E-state index contributed by atoms with van der Waals surface area (Å²) in [5.41, 5.74) is -1.74. The molecule has 0 radical (unpaired) electrons. The number of carbonyl (C=O) groups excluding carboxylic acids is 2. The van der Waals surface area contributed by atoms with Crippen molar-refractivity contribution in [2.75, 3.05) is 0 Å². The van der Waals surface area contributed by atoms with Gasteiger partial charge in [0.1, 0.15) is 0 Å². The number of ketones is 2. The fourth-order valence-corrected chi connectivity index (χ4v) is 2.54. The molecular formula is C16H12O4. The van der Waals surface area contributed by atoms with Crippen LogP contribution >= 0.6 is 0 Å². The largest absolute Gasteiger partial charge is 0.381 e. The Morgan fingerprint density at radius 3 is 2.05 bits per heavy atom. The number of benzene rings is 2. The molecule has 4 heteroatoms. The second kappa shape index (κ2) is 4.37. The third kappa shape index (κ3) is 1.56. The van der Waals surface area contributed by atoms with Crippen LogP contribution in [-0.4, -0.2) is 27.9 Å². The molecule has 0 bridgehead atoms. The summed E-state index contributed by atoms with van der Waals surface area (Å²) in [5.74, 6) is -1.31. The van der Waals surface area contributed by atoms with Crippen LogP contribution < -0.4 is 0 Å². The number of rotatable bonds is 1. The molecule has 0 heterocycles. The zero-order valence-corrected chi connectivity index (χ0v) is 10.5. The van der Waals surface area contributed by atoms with Crippen molar-refractivity contribution in [3.63, 3.8) is 0 Å². The SMILES string of the molecule is O=C1c2ccccc2C(=O)[C@](O)(c2ccccc2)[C@H]1O. The quantitative estimate of drug-likeness (QED) is 0.818. The Kier molecular flexibility index (Phi) is 2.78. The van der Waals surface area contributed by atoms with Crippen LogP contribution in [0.15, 0.2) is 54.6 Å². The number of aliphatic hydroxyl groups is 2. The van der Waals surface area contributed by atoms with Gasteiger partial charge in [-0.05, 0) is 5.56 Å². The first kappa shape index (κ1) is 12.7. The molecule has 3 rings (SSSR count). The Morgan fingerprint density at radius 2 is 1.40 bits per heavy atom. The van der Waals surface area contributed by atoms with Crippen molar-refractivity contribution in [3.8, 4) is 0 Å². The van der Waals surface area contributed by atoms with Crippen LogP contribution in [0, 0.1) is 0 Å². The van der Waals surface area contributed by atoms with Gasteiger partial charge < -0.3 is 10.2 Å². The van der Waals surface area contributed by atoms with Crippen molar-refractivity contribution in [2.45, 2.75) is 11.7 Å². The van der Waals surface area contributed by atoms with Crippen LogP contribution in [0.5, 0.6) is 0 Å². The van der Waals surface area contributed by atoms with Gasteiger partial charge in [-0.15, -0.1) is 0 Å². The van der Waals surface area contributed by atoms with E-state index in [1.54, 1.807) is 30.3 Å². The van der Waals surface area contributed by atoms with Gasteiger partial charge in [0, 0.05) is 11.1 Å². The monoisotopic (exact) mass is 268 g/mol. The lowest BCUT2D eigenvalue weighted by atomic mass is 9.73. The summed E-state index contributed by atoms with van der Waals surface area (Å²) in [6.45, 7) is 0. The summed E-state index contributed by atoms with van der Waals surface area (Å²) in [6.07, 6.45) is -1.80. The first-order valence-corrected chi connectivity index (χ1v) is 6.21. The number of hydrogen-bond acceptors (Lipinski definition) is 4. The minimum Gasteiger partial charge on any atom is -0.381 e. The molecule has 20 heavy (non-hydrogen) atoms. The predicted molar refractivity (Wildman–Crippen MR) is 71.4 cm³/mol. The minimum atomic E-state index is -2.23. The third-order valence-corrected chi connectivity index (χ3v) is 3.64. The van der Waals surface area contributed by atoms with Gasteiger partial charge in [-0.25, -0.2) is 0 Å². The smallest absolute Gasteiger partial charge is 0.202 e. The molecule has 1 aliphatic rings. The van der Waals surface area contributed by atoms with Gasteiger partial charge in [-0.3, -0.25) is 9.59 Å². The highest BCUT2D eigenvalue weighted by Crippen LogP contribution is 2.36. The van der Waals surface area contributed by atoms with E-state index in [2.05, 4.69) is 0 Å². The van der Waals surface area contributed by atoms with Gasteiger partial charge in [-0.2, -0.15) is 0 Å². The number of aliphatic hydroxyl groups excluding tert-OH is 1. The van der Waals surface area contributed by atoms with E-state index >= 15 is 0 Å². The molecule has 0 amide bonds. The van der Waals surface area contributed by atoms with Crippen LogP contribution in [0.25, 0.3) is 0 Å². The molecule has 0 saturated heterocycles.